The van der Waals surface area contributed by atoms with E-state index in [1.165, 1.54) is 38.5 Å². The van der Waals surface area contributed by atoms with Crippen molar-refractivity contribution in [2.45, 2.75) is 76.0 Å². The maximum atomic E-state index is 12.5. The lowest BCUT2D eigenvalue weighted by atomic mass is 10.0. The Morgan fingerprint density at radius 1 is 1.10 bits per heavy atom. The van der Waals surface area contributed by atoms with Gasteiger partial charge in [0.25, 0.3) is 0 Å². The highest BCUT2D eigenvalue weighted by Crippen LogP contribution is 2.32. The Kier molecular flexibility index (Phi) is 4.85. The fourth-order valence-electron chi connectivity index (χ4n) is 4.62. The van der Waals surface area contributed by atoms with Gasteiger partial charge in [-0.15, -0.1) is 0 Å². The lowest BCUT2D eigenvalue weighted by Gasteiger charge is -2.32. The van der Waals surface area contributed by atoms with Crippen LogP contribution in [0.1, 0.15) is 57.8 Å². The Morgan fingerprint density at radius 2 is 1.76 bits per heavy atom. The van der Waals surface area contributed by atoms with Crippen molar-refractivity contribution in [3.8, 4) is 0 Å². The van der Waals surface area contributed by atoms with Gasteiger partial charge in [-0.2, -0.15) is 0 Å². The highest BCUT2D eigenvalue weighted by Gasteiger charge is 2.42. The van der Waals surface area contributed by atoms with Gasteiger partial charge in [0.05, 0.1) is 12.1 Å². The number of aliphatic hydroxyl groups is 1. The minimum absolute atomic E-state index is 0.0319. The molecule has 0 spiro atoms. The van der Waals surface area contributed by atoms with Crippen molar-refractivity contribution in [3.63, 3.8) is 0 Å². The summed E-state index contributed by atoms with van der Waals surface area (Å²) in [7, 11) is 1.90. The standard InChI is InChI=1S/C17H30N2O2/c1-18(16(20)12-13-6-2-3-7-13)14-8-9-15(17(14)21)19-10-4-5-11-19/h13-15,17,21H,2-12H2,1H3/t14-,15-,17-/m1/s1. The largest absolute Gasteiger partial charge is 0.389 e. The van der Waals surface area contributed by atoms with Crippen molar-refractivity contribution >= 4 is 5.91 Å². The van der Waals surface area contributed by atoms with Crippen LogP contribution in [0.3, 0.4) is 0 Å². The molecule has 4 nitrogen and oxygen atoms in total. The first kappa shape index (κ1) is 15.3. The summed E-state index contributed by atoms with van der Waals surface area (Å²) in [6.07, 6.45) is 9.81. The van der Waals surface area contributed by atoms with E-state index in [-0.39, 0.29) is 24.1 Å². The van der Waals surface area contributed by atoms with Crippen LogP contribution in [-0.2, 0) is 4.79 Å². The van der Waals surface area contributed by atoms with E-state index in [0.717, 1.165) is 25.9 Å². The predicted molar refractivity (Wildman–Crippen MR) is 83.0 cm³/mol. The third-order valence-corrected chi connectivity index (χ3v) is 5.99. The summed E-state index contributed by atoms with van der Waals surface area (Å²) >= 11 is 0. The number of carbonyl (C=O) groups is 1. The Hall–Kier alpha value is -0.610. The molecule has 0 unspecified atom stereocenters. The number of aliphatic hydroxyl groups excluding tert-OH is 1. The first-order valence-corrected chi connectivity index (χ1v) is 8.84. The van der Waals surface area contributed by atoms with E-state index in [9.17, 15) is 9.90 Å². The van der Waals surface area contributed by atoms with Gasteiger partial charge >= 0.3 is 0 Å². The van der Waals surface area contributed by atoms with Crippen LogP contribution in [0.25, 0.3) is 0 Å². The van der Waals surface area contributed by atoms with Gasteiger partial charge in [0.1, 0.15) is 0 Å². The van der Waals surface area contributed by atoms with E-state index in [0.29, 0.717) is 12.3 Å². The maximum Gasteiger partial charge on any atom is 0.222 e. The fourth-order valence-corrected chi connectivity index (χ4v) is 4.62. The summed E-state index contributed by atoms with van der Waals surface area (Å²) in [4.78, 5) is 16.8. The Morgan fingerprint density at radius 3 is 2.43 bits per heavy atom. The van der Waals surface area contributed by atoms with Crippen molar-refractivity contribution < 1.29 is 9.90 Å². The number of likely N-dealkylation sites (tertiary alicyclic amines) is 1. The van der Waals surface area contributed by atoms with Gasteiger partial charge in [-0.25, -0.2) is 0 Å². The molecule has 0 bridgehead atoms. The lowest BCUT2D eigenvalue weighted by Crippen LogP contribution is -2.48. The van der Waals surface area contributed by atoms with Gasteiger partial charge in [0, 0.05) is 19.5 Å². The van der Waals surface area contributed by atoms with E-state index in [1.54, 1.807) is 0 Å². The molecule has 0 aromatic heterocycles. The van der Waals surface area contributed by atoms with Crippen LogP contribution in [0, 0.1) is 5.92 Å². The number of rotatable bonds is 4. The number of nitrogens with zero attached hydrogens (tertiary/aromatic N) is 2. The molecule has 1 N–H and O–H groups in total. The number of hydrogen-bond acceptors (Lipinski definition) is 3. The molecule has 2 aliphatic carbocycles. The van der Waals surface area contributed by atoms with Gasteiger partial charge in [0.2, 0.25) is 5.91 Å². The Balaban J connectivity index is 1.54. The molecule has 2 saturated carbocycles. The van der Waals surface area contributed by atoms with Crippen molar-refractivity contribution in [1.29, 1.82) is 0 Å². The van der Waals surface area contributed by atoms with Crippen LogP contribution >= 0.6 is 0 Å². The average Bonchev–Trinajstić information content (AvgIpc) is 3.18. The molecule has 3 aliphatic rings. The normalized spacial score (nSPS) is 34.7. The van der Waals surface area contributed by atoms with Crippen LogP contribution in [0.5, 0.6) is 0 Å². The summed E-state index contributed by atoms with van der Waals surface area (Å²) in [6, 6.07) is 0.309. The van der Waals surface area contributed by atoms with Crippen LogP contribution < -0.4 is 0 Å². The molecule has 4 heteroatoms. The molecule has 21 heavy (non-hydrogen) atoms. The van der Waals surface area contributed by atoms with Gasteiger partial charge in [-0.05, 0) is 57.5 Å². The quantitative estimate of drug-likeness (QED) is 0.862. The molecule has 0 aromatic carbocycles. The summed E-state index contributed by atoms with van der Waals surface area (Å²) < 4.78 is 0. The molecule has 3 atom stereocenters. The van der Waals surface area contributed by atoms with Crippen LogP contribution in [0.2, 0.25) is 0 Å². The zero-order chi connectivity index (χ0) is 14.8. The zero-order valence-corrected chi connectivity index (χ0v) is 13.3. The van der Waals surface area contributed by atoms with Gasteiger partial charge in [-0.3, -0.25) is 9.69 Å². The molecular weight excluding hydrogens is 264 g/mol. The number of likely N-dealkylation sites (N-methyl/N-ethyl adjacent to an activating group) is 1. The minimum atomic E-state index is -0.361. The van der Waals surface area contributed by atoms with Crippen LogP contribution in [0.15, 0.2) is 0 Å². The van der Waals surface area contributed by atoms with Crippen molar-refractivity contribution in [2.24, 2.45) is 5.92 Å². The Labute approximate surface area is 128 Å². The monoisotopic (exact) mass is 294 g/mol. The molecule has 1 amide bonds. The molecule has 0 aromatic rings. The second-order valence-corrected chi connectivity index (χ2v) is 7.30. The molecule has 120 valence electrons. The maximum absolute atomic E-state index is 12.5. The molecule has 0 radical (unpaired) electrons. The predicted octanol–water partition coefficient (Wildman–Crippen LogP) is 2.01. The second kappa shape index (κ2) is 6.66. The van der Waals surface area contributed by atoms with E-state index >= 15 is 0 Å². The summed E-state index contributed by atoms with van der Waals surface area (Å²) in [5.41, 5.74) is 0. The fraction of sp³-hybridized carbons (Fsp3) is 0.941. The van der Waals surface area contributed by atoms with E-state index < -0.39 is 0 Å². The van der Waals surface area contributed by atoms with Crippen LogP contribution in [-0.4, -0.2) is 59.1 Å². The number of amides is 1. The molecule has 1 saturated heterocycles. The molecule has 1 aliphatic heterocycles. The van der Waals surface area contributed by atoms with E-state index in [4.69, 9.17) is 0 Å². The lowest BCUT2D eigenvalue weighted by molar-refractivity contribution is -0.135. The molecule has 3 fully saturated rings. The highest BCUT2D eigenvalue weighted by atomic mass is 16.3. The molecular formula is C17H30N2O2. The van der Waals surface area contributed by atoms with Gasteiger partial charge < -0.3 is 10.0 Å². The summed E-state index contributed by atoms with van der Waals surface area (Å²) in [5, 5.41) is 10.7. The minimum Gasteiger partial charge on any atom is -0.389 e. The topological polar surface area (TPSA) is 43.8 Å². The smallest absolute Gasteiger partial charge is 0.222 e. The average molecular weight is 294 g/mol. The summed E-state index contributed by atoms with van der Waals surface area (Å²) in [6.45, 7) is 2.24. The van der Waals surface area contributed by atoms with Crippen LogP contribution in [0.4, 0.5) is 0 Å². The van der Waals surface area contributed by atoms with E-state index in [2.05, 4.69) is 4.90 Å². The third kappa shape index (κ3) is 3.26. The van der Waals surface area contributed by atoms with Crippen molar-refractivity contribution in [2.75, 3.05) is 20.1 Å². The third-order valence-electron chi connectivity index (χ3n) is 5.99. The first-order valence-electron chi connectivity index (χ1n) is 8.84. The van der Waals surface area contributed by atoms with Gasteiger partial charge in [-0.1, -0.05) is 12.8 Å². The second-order valence-electron chi connectivity index (χ2n) is 7.30. The first-order chi connectivity index (χ1) is 10.2. The van der Waals surface area contributed by atoms with Gasteiger partial charge in [0.15, 0.2) is 0 Å². The highest BCUT2D eigenvalue weighted by molar-refractivity contribution is 5.76. The van der Waals surface area contributed by atoms with E-state index in [1.807, 2.05) is 11.9 Å². The number of carbonyl (C=O) groups excluding carboxylic acids is 1. The Bertz CT molecular complexity index is 362. The molecule has 1 heterocycles. The number of hydrogen-bond donors (Lipinski definition) is 1. The molecule has 3 rings (SSSR count). The summed E-state index contributed by atoms with van der Waals surface area (Å²) in [5.74, 6) is 0.834. The van der Waals surface area contributed by atoms with Crippen molar-refractivity contribution in [1.82, 2.24) is 9.80 Å². The zero-order valence-electron chi connectivity index (χ0n) is 13.3. The SMILES string of the molecule is CN(C(=O)CC1CCCC1)[C@@H]1CC[C@@H](N2CCCC2)[C@@H]1O. The van der Waals surface area contributed by atoms with Crippen molar-refractivity contribution in [3.05, 3.63) is 0 Å².